The Labute approximate surface area is 425 Å². The van der Waals surface area contributed by atoms with Crippen LogP contribution in [0.25, 0.3) is 0 Å². The number of nitrogens with one attached hydrogen (secondary N) is 2. The van der Waals surface area contributed by atoms with E-state index in [4.69, 9.17) is 10.5 Å². The van der Waals surface area contributed by atoms with Crippen molar-refractivity contribution in [3.63, 3.8) is 0 Å². The SMILES string of the molecule is CC12Cc3[nH]nc(C(=O)Nc4cnn(C(c5cccnc5)C5CS(=O)(=O)C5)c4)c3CC1C2.CC12Cc3c(c(C(=O)O)nn3COCC[Si](C)(C)C)CC1C2.Nc1cnn(C(c2cccnc2)C2CS(=O)(=O)C2)c1. The maximum absolute atomic E-state index is 13.0. The number of rotatable bonds is 14. The smallest absolute Gasteiger partial charge is 0.356 e. The molecule has 2 saturated heterocycles. The minimum atomic E-state index is -2.99. The number of hydrogen-bond donors (Lipinski definition) is 4. The number of carbonyl (C=O) groups excluding carboxylic acids is 1. The van der Waals surface area contributed by atoms with Crippen molar-refractivity contribution in [1.82, 2.24) is 49.5 Å². The zero-order valence-electron chi connectivity index (χ0n) is 41.8. The summed E-state index contributed by atoms with van der Waals surface area (Å²) in [4.78, 5) is 32.7. The Balaban J connectivity index is 0.000000131. The van der Waals surface area contributed by atoms with Crippen LogP contribution in [0.15, 0.2) is 73.8 Å². The number of anilines is 2. The highest BCUT2D eigenvalue weighted by atomic mass is 32.2. The number of fused-ring (bicyclic) bond motifs is 4. The molecule has 6 aromatic heterocycles. The molecule has 388 valence electrons. The molecule has 6 aromatic rings. The van der Waals surface area contributed by atoms with Gasteiger partial charge in [0.25, 0.3) is 5.91 Å². The highest BCUT2D eigenvalue weighted by Crippen LogP contribution is 2.60. The van der Waals surface area contributed by atoms with Crippen molar-refractivity contribution in [2.75, 3.05) is 40.7 Å². The van der Waals surface area contributed by atoms with E-state index in [0.717, 1.165) is 72.0 Å². The predicted molar refractivity (Wildman–Crippen MR) is 275 cm³/mol. The number of sulfone groups is 2. The van der Waals surface area contributed by atoms with E-state index >= 15 is 0 Å². The van der Waals surface area contributed by atoms with Gasteiger partial charge in [-0.2, -0.15) is 20.4 Å². The van der Waals surface area contributed by atoms with E-state index in [1.54, 1.807) is 63.6 Å². The van der Waals surface area contributed by atoms with Gasteiger partial charge in [0.1, 0.15) is 6.73 Å². The van der Waals surface area contributed by atoms with Crippen LogP contribution in [-0.4, -0.2) is 121 Å². The van der Waals surface area contributed by atoms with Crippen LogP contribution >= 0.6 is 0 Å². The number of carbonyl (C=O) groups is 2. The molecule has 2 saturated carbocycles. The van der Waals surface area contributed by atoms with Crippen LogP contribution in [0.2, 0.25) is 25.7 Å². The van der Waals surface area contributed by atoms with Gasteiger partial charge in [0.2, 0.25) is 0 Å². The minimum absolute atomic E-state index is 0.0218. The van der Waals surface area contributed by atoms with Crippen LogP contribution < -0.4 is 11.1 Å². The van der Waals surface area contributed by atoms with Crippen LogP contribution in [-0.2, 0) is 56.8 Å². The molecule has 0 bridgehead atoms. The number of carboxylic acids is 1. The van der Waals surface area contributed by atoms with Gasteiger partial charge in [0, 0.05) is 86.2 Å². The second kappa shape index (κ2) is 19.0. The van der Waals surface area contributed by atoms with Crippen molar-refractivity contribution in [2.45, 2.75) is 96.9 Å². The monoisotopic (exact) mass is 1050 g/mol. The number of amides is 1. The first-order valence-corrected chi connectivity index (χ1v) is 32.2. The molecule has 5 N–H and O–H groups in total. The molecule has 1 amide bonds. The Morgan fingerprint density at radius 1 is 0.836 bits per heavy atom. The normalized spacial score (nSPS) is 24.7. The molecule has 20 nitrogen and oxygen atoms in total. The number of nitrogen functional groups attached to an aromatic ring is 1. The number of ether oxygens (including phenoxy) is 1. The van der Waals surface area contributed by atoms with Gasteiger partial charge < -0.3 is 20.9 Å². The third-order valence-corrected chi connectivity index (χ3v) is 21.2. The average molecular weight is 1050 g/mol. The first-order chi connectivity index (χ1) is 34.6. The first-order valence-electron chi connectivity index (χ1n) is 24.9. The number of H-pyrrole nitrogens is 1. The summed E-state index contributed by atoms with van der Waals surface area (Å²) >= 11 is 0. The third kappa shape index (κ3) is 11.0. The minimum Gasteiger partial charge on any atom is -0.476 e. The summed E-state index contributed by atoms with van der Waals surface area (Å²) < 4.78 is 57.4. The highest BCUT2D eigenvalue weighted by molar-refractivity contribution is 7.93. The van der Waals surface area contributed by atoms with Crippen LogP contribution in [0.4, 0.5) is 11.4 Å². The van der Waals surface area contributed by atoms with Crippen LogP contribution in [0.3, 0.4) is 0 Å². The van der Waals surface area contributed by atoms with Crippen molar-refractivity contribution in [3.05, 3.63) is 119 Å². The van der Waals surface area contributed by atoms with E-state index in [1.165, 1.54) is 12.8 Å². The molecule has 0 radical (unpaired) electrons. The summed E-state index contributed by atoms with van der Waals surface area (Å²) in [6, 6.07) is 8.24. The topological polar surface area (TPSA) is 278 Å². The molecule has 0 aromatic carbocycles. The molecule has 0 spiro atoms. The van der Waals surface area contributed by atoms with Crippen LogP contribution in [0.1, 0.15) is 93.4 Å². The van der Waals surface area contributed by atoms with Crippen molar-refractivity contribution < 1.29 is 36.3 Å². The first kappa shape index (κ1) is 50.5. The Morgan fingerprint density at radius 3 is 1.95 bits per heavy atom. The summed E-state index contributed by atoms with van der Waals surface area (Å²) in [5, 5.41) is 32.6. The summed E-state index contributed by atoms with van der Waals surface area (Å²) in [7, 11) is -6.97. The molecular formula is C50H64N12O8S2Si. The second-order valence-corrected chi connectivity index (χ2v) is 32.8. The number of aromatic carboxylic acids is 1. The van der Waals surface area contributed by atoms with Crippen molar-refractivity contribution in [1.29, 1.82) is 0 Å². The number of aromatic nitrogens is 10. The lowest BCUT2D eigenvalue weighted by atomic mass is 9.87. The summed E-state index contributed by atoms with van der Waals surface area (Å²) in [5.41, 5.74) is 14.2. The number of nitrogens with zero attached hydrogens (tertiary/aromatic N) is 9. The van der Waals surface area contributed by atoms with Gasteiger partial charge in [-0.15, -0.1) is 0 Å². The van der Waals surface area contributed by atoms with Gasteiger partial charge >= 0.3 is 5.97 Å². The molecule has 12 rings (SSSR count). The van der Waals surface area contributed by atoms with E-state index in [2.05, 4.69) is 74.3 Å². The molecule has 4 aliphatic carbocycles. The zero-order chi connectivity index (χ0) is 51.7. The Hall–Kier alpha value is -6.04. The van der Waals surface area contributed by atoms with Crippen LogP contribution in [0.5, 0.6) is 0 Å². The molecule has 73 heavy (non-hydrogen) atoms. The van der Waals surface area contributed by atoms with Gasteiger partial charge in [0.05, 0.1) is 58.9 Å². The van der Waals surface area contributed by atoms with E-state index < -0.39 is 33.7 Å². The predicted octanol–water partition coefficient (Wildman–Crippen LogP) is 5.53. The van der Waals surface area contributed by atoms with Crippen molar-refractivity contribution in [2.24, 2.45) is 34.5 Å². The van der Waals surface area contributed by atoms with Gasteiger partial charge in [-0.1, -0.05) is 45.6 Å². The molecular weight excluding hydrogens is 989 g/mol. The van der Waals surface area contributed by atoms with Gasteiger partial charge in [-0.25, -0.2) is 26.3 Å². The Bertz CT molecular complexity index is 3240. The Kier molecular flexibility index (Phi) is 13.2. The van der Waals surface area contributed by atoms with E-state index in [0.29, 0.717) is 46.5 Å². The average Bonchev–Trinajstić information content (AvgIpc) is 3.69. The second-order valence-electron chi connectivity index (χ2n) is 22.9. The lowest BCUT2D eigenvalue weighted by Gasteiger charge is -2.33. The summed E-state index contributed by atoms with van der Waals surface area (Å²) in [6.07, 6.45) is 19.5. The van der Waals surface area contributed by atoms with E-state index in [1.807, 2.05) is 24.3 Å². The number of hydrogen-bond acceptors (Lipinski definition) is 14. The fourth-order valence-electron chi connectivity index (χ4n) is 11.3. The lowest BCUT2D eigenvalue weighted by Crippen LogP contribution is -2.42. The molecule has 23 heteroatoms. The number of pyridine rings is 2. The van der Waals surface area contributed by atoms with Gasteiger partial charge in [-0.3, -0.25) is 29.2 Å². The van der Waals surface area contributed by atoms with Crippen molar-refractivity contribution >= 4 is 51.0 Å². The third-order valence-electron chi connectivity index (χ3n) is 15.7. The fourth-order valence-corrected chi connectivity index (χ4v) is 15.2. The molecule has 8 heterocycles. The maximum atomic E-state index is 13.0. The zero-order valence-corrected chi connectivity index (χ0v) is 44.4. The maximum Gasteiger partial charge on any atom is 0.356 e. The molecule has 6 unspecified atom stereocenters. The van der Waals surface area contributed by atoms with Crippen molar-refractivity contribution in [3.8, 4) is 0 Å². The molecule has 2 aliphatic heterocycles. The summed E-state index contributed by atoms with van der Waals surface area (Å²) in [5.74, 6) is 0.661. The quantitative estimate of drug-likeness (QED) is 0.0772. The van der Waals surface area contributed by atoms with E-state index in [9.17, 15) is 31.5 Å². The molecule has 6 aliphatic rings. The molecule has 6 atom stereocenters. The Morgan fingerprint density at radius 2 is 1.41 bits per heavy atom. The number of aromatic amines is 1. The number of carboxylic acid groups (broad SMARTS) is 1. The van der Waals surface area contributed by atoms with E-state index in [-0.39, 0.29) is 58.5 Å². The highest BCUT2D eigenvalue weighted by Gasteiger charge is 2.55. The van der Waals surface area contributed by atoms with Gasteiger partial charge in [-0.05, 0) is 90.5 Å². The largest absolute Gasteiger partial charge is 0.476 e. The lowest BCUT2D eigenvalue weighted by molar-refractivity contribution is 0.0667. The van der Waals surface area contributed by atoms with Gasteiger partial charge in [0.15, 0.2) is 31.1 Å². The molecule has 4 fully saturated rings. The van der Waals surface area contributed by atoms with Crippen LogP contribution in [0, 0.1) is 34.5 Å². The standard InChI is InChI=1S/C22H24N6O3S.C16H26N2O3Si.C12H14N4O2S/c1-22-6-15(22)5-17-18(7-22)26-27-19(17)21(29)25-16-9-24-28(10-16)20(13-3-2-4-23-8-13)14-11-32(30,31)12-14;1-16-8-11(16)7-12-13(9-16)18(17-14(12)15(19)20)10-21-5-6-22(2,3)4;13-11-5-15-16(6-11)12(9-2-1-3-14-4-9)10-7-19(17,18)8-10/h2-4,8-10,14-15,20H,5-7,11-12H2,1H3,(H,25,29)(H,26,27);11H,5-10H2,1-4H3,(H,19,20);1-6,10,12H,7-8,13H2. The summed E-state index contributed by atoms with van der Waals surface area (Å²) in [6.45, 7) is 12.7. The fraction of sp³-hybridized carbons (Fsp3) is 0.520. The number of nitrogens with two attached hydrogens (primary N) is 1.